The first kappa shape index (κ1) is 14.0. The molecule has 0 aliphatic heterocycles. The molecule has 0 amide bonds. The summed E-state index contributed by atoms with van der Waals surface area (Å²) in [6.07, 6.45) is 0. The number of nitrogens with zero attached hydrogens (tertiary/aromatic N) is 2. The minimum Gasteiger partial charge on any atom is -0.309 e. The van der Waals surface area contributed by atoms with Crippen molar-refractivity contribution in [2.45, 2.75) is 33.4 Å². The van der Waals surface area contributed by atoms with E-state index in [1.807, 2.05) is 37.3 Å². The van der Waals surface area contributed by atoms with E-state index in [4.69, 9.17) is 11.6 Å². The van der Waals surface area contributed by atoms with Crippen molar-refractivity contribution >= 4 is 11.6 Å². The van der Waals surface area contributed by atoms with Gasteiger partial charge in [0.25, 0.3) is 0 Å². The van der Waals surface area contributed by atoms with Gasteiger partial charge < -0.3 is 5.32 Å². The lowest BCUT2D eigenvalue weighted by Gasteiger charge is -2.09. The van der Waals surface area contributed by atoms with Crippen molar-refractivity contribution in [2.75, 3.05) is 0 Å². The molecule has 0 saturated carbocycles. The Labute approximate surface area is 119 Å². The third-order valence-electron chi connectivity index (χ3n) is 2.68. The molecule has 4 heteroatoms. The fourth-order valence-corrected chi connectivity index (χ4v) is 1.98. The molecular weight excluding hydrogens is 258 g/mol. The van der Waals surface area contributed by atoms with Gasteiger partial charge in [-0.05, 0) is 25.1 Å². The molecule has 0 radical (unpaired) electrons. The highest BCUT2D eigenvalue weighted by molar-refractivity contribution is 6.30. The monoisotopic (exact) mass is 275 g/mol. The Hall–Kier alpha value is -1.45. The Bertz CT molecular complexity index is 567. The molecule has 1 aromatic carbocycles. The first-order chi connectivity index (χ1) is 9.04. The van der Waals surface area contributed by atoms with Crippen LogP contribution < -0.4 is 5.32 Å². The highest BCUT2D eigenvalue weighted by Crippen LogP contribution is 2.20. The predicted octanol–water partition coefficient (Wildman–Crippen LogP) is 3.60. The number of benzene rings is 1. The zero-order chi connectivity index (χ0) is 13.8. The average molecular weight is 276 g/mol. The van der Waals surface area contributed by atoms with E-state index >= 15 is 0 Å². The van der Waals surface area contributed by atoms with Gasteiger partial charge in [-0.25, -0.2) is 9.97 Å². The van der Waals surface area contributed by atoms with Gasteiger partial charge in [-0.15, -0.1) is 0 Å². The lowest BCUT2D eigenvalue weighted by Crippen LogP contribution is -2.22. The summed E-state index contributed by atoms with van der Waals surface area (Å²) in [5.74, 6) is 0.725. The highest BCUT2D eigenvalue weighted by Gasteiger charge is 2.06. The van der Waals surface area contributed by atoms with Crippen molar-refractivity contribution in [3.8, 4) is 11.4 Å². The van der Waals surface area contributed by atoms with Crippen LogP contribution in [-0.4, -0.2) is 16.0 Å². The zero-order valence-electron chi connectivity index (χ0n) is 11.4. The Morgan fingerprint density at radius 3 is 2.68 bits per heavy atom. The van der Waals surface area contributed by atoms with Crippen LogP contribution in [0, 0.1) is 6.92 Å². The molecule has 19 heavy (non-hydrogen) atoms. The molecule has 1 aromatic heterocycles. The first-order valence-corrected chi connectivity index (χ1v) is 6.76. The van der Waals surface area contributed by atoms with Crippen molar-refractivity contribution < 1.29 is 0 Å². The maximum Gasteiger partial charge on any atom is 0.159 e. The van der Waals surface area contributed by atoms with Gasteiger partial charge in [0.05, 0.1) is 5.69 Å². The largest absolute Gasteiger partial charge is 0.309 e. The topological polar surface area (TPSA) is 37.8 Å². The first-order valence-electron chi connectivity index (χ1n) is 6.38. The molecule has 0 spiro atoms. The molecule has 0 fully saturated rings. The van der Waals surface area contributed by atoms with E-state index in [1.54, 1.807) is 0 Å². The van der Waals surface area contributed by atoms with Crippen LogP contribution in [0.15, 0.2) is 30.3 Å². The number of aromatic nitrogens is 2. The van der Waals surface area contributed by atoms with E-state index in [1.165, 1.54) is 0 Å². The minimum absolute atomic E-state index is 0.435. The number of hydrogen-bond acceptors (Lipinski definition) is 3. The van der Waals surface area contributed by atoms with Crippen LogP contribution in [0.5, 0.6) is 0 Å². The molecule has 1 heterocycles. The maximum atomic E-state index is 6.01. The molecule has 3 nitrogen and oxygen atoms in total. The average Bonchev–Trinajstić information content (AvgIpc) is 2.36. The predicted molar refractivity (Wildman–Crippen MR) is 79.2 cm³/mol. The van der Waals surface area contributed by atoms with E-state index in [9.17, 15) is 0 Å². The van der Waals surface area contributed by atoms with Crippen molar-refractivity contribution in [3.63, 3.8) is 0 Å². The maximum absolute atomic E-state index is 6.01. The summed E-state index contributed by atoms with van der Waals surface area (Å²) < 4.78 is 0. The summed E-state index contributed by atoms with van der Waals surface area (Å²) in [7, 11) is 0. The van der Waals surface area contributed by atoms with Gasteiger partial charge in [0.2, 0.25) is 0 Å². The molecule has 0 aliphatic carbocycles. The number of halogens is 1. The summed E-state index contributed by atoms with van der Waals surface area (Å²) in [6, 6.07) is 10.1. The summed E-state index contributed by atoms with van der Waals surface area (Å²) in [5.41, 5.74) is 2.91. The van der Waals surface area contributed by atoms with Gasteiger partial charge >= 0.3 is 0 Å². The van der Waals surface area contributed by atoms with Gasteiger partial charge in [-0.3, -0.25) is 0 Å². The Kier molecular flexibility index (Phi) is 4.51. The van der Waals surface area contributed by atoms with Crippen LogP contribution in [0.4, 0.5) is 0 Å². The Balaban J connectivity index is 2.31. The number of aryl methyl sites for hydroxylation is 1. The van der Waals surface area contributed by atoms with Crippen molar-refractivity contribution in [1.82, 2.24) is 15.3 Å². The summed E-state index contributed by atoms with van der Waals surface area (Å²) in [6.45, 7) is 6.96. The molecule has 1 N–H and O–H groups in total. The fraction of sp³-hybridized carbons (Fsp3) is 0.333. The van der Waals surface area contributed by atoms with Gasteiger partial charge in [-0.1, -0.05) is 37.6 Å². The number of hydrogen-bond donors (Lipinski definition) is 1. The van der Waals surface area contributed by atoms with Gasteiger partial charge in [0.15, 0.2) is 5.82 Å². The van der Waals surface area contributed by atoms with Crippen molar-refractivity contribution in [3.05, 3.63) is 46.7 Å². The molecule has 0 saturated heterocycles. The van der Waals surface area contributed by atoms with Crippen LogP contribution >= 0.6 is 11.6 Å². The van der Waals surface area contributed by atoms with Crippen LogP contribution in [0.2, 0.25) is 5.02 Å². The van der Waals surface area contributed by atoms with Gasteiger partial charge in [0.1, 0.15) is 0 Å². The lowest BCUT2D eigenvalue weighted by atomic mass is 10.2. The van der Waals surface area contributed by atoms with Gasteiger partial charge in [-0.2, -0.15) is 0 Å². The lowest BCUT2D eigenvalue weighted by molar-refractivity contribution is 0.580. The molecule has 0 bridgehead atoms. The van der Waals surface area contributed by atoms with Crippen LogP contribution in [-0.2, 0) is 6.54 Å². The van der Waals surface area contributed by atoms with Crippen LogP contribution in [0.25, 0.3) is 11.4 Å². The SMILES string of the molecule is Cc1cc(CNC(C)C)nc(-c2cccc(Cl)c2)n1. The smallest absolute Gasteiger partial charge is 0.159 e. The van der Waals surface area contributed by atoms with E-state index in [-0.39, 0.29) is 0 Å². The zero-order valence-corrected chi connectivity index (χ0v) is 12.2. The number of rotatable bonds is 4. The van der Waals surface area contributed by atoms with E-state index < -0.39 is 0 Å². The van der Waals surface area contributed by atoms with E-state index in [0.717, 1.165) is 29.3 Å². The molecule has 2 aromatic rings. The quantitative estimate of drug-likeness (QED) is 0.926. The summed E-state index contributed by atoms with van der Waals surface area (Å²) in [4.78, 5) is 9.06. The van der Waals surface area contributed by atoms with E-state index in [2.05, 4.69) is 29.1 Å². The van der Waals surface area contributed by atoms with Crippen molar-refractivity contribution in [1.29, 1.82) is 0 Å². The Morgan fingerprint density at radius 2 is 2.00 bits per heavy atom. The van der Waals surface area contributed by atoms with E-state index in [0.29, 0.717) is 11.1 Å². The number of nitrogens with one attached hydrogen (secondary N) is 1. The highest BCUT2D eigenvalue weighted by atomic mass is 35.5. The second-order valence-corrected chi connectivity index (χ2v) is 5.31. The minimum atomic E-state index is 0.435. The molecule has 0 unspecified atom stereocenters. The molecule has 0 aliphatic rings. The fourth-order valence-electron chi connectivity index (χ4n) is 1.79. The second-order valence-electron chi connectivity index (χ2n) is 4.87. The van der Waals surface area contributed by atoms with Crippen LogP contribution in [0.1, 0.15) is 25.2 Å². The van der Waals surface area contributed by atoms with Crippen molar-refractivity contribution in [2.24, 2.45) is 0 Å². The third kappa shape index (κ3) is 4.01. The molecular formula is C15H18ClN3. The molecule has 0 atom stereocenters. The Morgan fingerprint density at radius 1 is 1.21 bits per heavy atom. The third-order valence-corrected chi connectivity index (χ3v) is 2.92. The van der Waals surface area contributed by atoms with Crippen LogP contribution in [0.3, 0.4) is 0 Å². The summed E-state index contributed by atoms with van der Waals surface area (Å²) >= 11 is 6.01. The standard InChI is InChI=1S/C15H18ClN3/c1-10(2)17-9-14-7-11(3)18-15(19-14)12-5-4-6-13(16)8-12/h4-8,10,17H,9H2,1-3H3. The molecule has 2 rings (SSSR count). The molecule has 100 valence electrons. The summed E-state index contributed by atoms with van der Waals surface area (Å²) in [5, 5.41) is 4.06. The van der Waals surface area contributed by atoms with Gasteiger partial charge in [0, 0.05) is 28.9 Å². The normalized spacial score (nSPS) is 11.0. The second kappa shape index (κ2) is 6.13.